The summed E-state index contributed by atoms with van der Waals surface area (Å²) in [6.07, 6.45) is 1.99. The Balaban J connectivity index is 1.73. The molecule has 4 N–H and O–H groups in total. The minimum Gasteiger partial charge on any atom is -0.383 e. The lowest BCUT2D eigenvalue weighted by Gasteiger charge is -2.22. The number of nitrogens with one attached hydrogen (secondary N) is 3. The lowest BCUT2D eigenvalue weighted by molar-refractivity contribution is -0.135. The highest BCUT2D eigenvalue weighted by Gasteiger charge is 2.26. The minimum absolute atomic E-state index is 0.0747. The van der Waals surface area contributed by atoms with Crippen molar-refractivity contribution < 1.29 is 23.5 Å². The number of hydrogen-bond donors (Lipinski definition) is 4. The molecule has 2 atom stereocenters. The molecule has 164 valence electrons. The van der Waals surface area contributed by atoms with Gasteiger partial charge in [-0.05, 0) is 41.3 Å². The number of aromatic nitrogens is 2. The third-order valence-electron chi connectivity index (χ3n) is 4.88. The van der Waals surface area contributed by atoms with Crippen molar-refractivity contribution in [2.45, 2.75) is 39.0 Å². The van der Waals surface area contributed by atoms with Crippen LogP contribution in [0.4, 0.5) is 8.78 Å². The summed E-state index contributed by atoms with van der Waals surface area (Å²) in [5.41, 5.74) is 1.80. The van der Waals surface area contributed by atoms with Gasteiger partial charge in [0.15, 0.2) is 11.6 Å². The van der Waals surface area contributed by atoms with Crippen LogP contribution in [0.1, 0.15) is 25.0 Å². The number of aliphatic hydroxyl groups excluding tert-OH is 1. The zero-order chi connectivity index (χ0) is 22.5. The number of carbonyl (C=O) groups excluding carboxylic acids is 2. The van der Waals surface area contributed by atoms with Crippen molar-refractivity contribution >= 4 is 22.8 Å². The van der Waals surface area contributed by atoms with Gasteiger partial charge in [-0.1, -0.05) is 19.9 Å². The number of rotatable bonds is 8. The van der Waals surface area contributed by atoms with Crippen LogP contribution < -0.4 is 10.6 Å². The Morgan fingerprint density at radius 1 is 1.10 bits per heavy atom. The molecule has 3 aromatic rings. The molecule has 3 rings (SSSR count). The molecule has 0 saturated carbocycles. The summed E-state index contributed by atoms with van der Waals surface area (Å²) >= 11 is 0. The van der Waals surface area contributed by atoms with Crippen molar-refractivity contribution in [2.75, 3.05) is 0 Å². The molecule has 0 bridgehead atoms. The molecule has 2 heterocycles. The minimum atomic E-state index is -1.31. The first kappa shape index (κ1) is 22.4. The van der Waals surface area contributed by atoms with Crippen molar-refractivity contribution in [1.29, 1.82) is 0 Å². The molecule has 7 nitrogen and oxygen atoms in total. The lowest BCUT2D eigenvalue weighted by atomic mass is 10.0. The van der Waals surface area contributed by atoms with Gasteiger partial charge in [0.05, 0.1) is 0 Å². The maximum Gasteiger partial charge on any atom is 0.249 e. The summed E-state index contributed by atoms with van der Waals surface area (Å²) < 4.78 is 26.8. The Labute approximate surface area is 177 Å². The smallest absolute Gasteiger partial charge is 0.249 e. The van der Waals surface area contributed by atoms with Crippen molar-refractivity contribution in [2.24, 2.45) is 5.92 Å². The third kappa shape index (κ3) is 5.64. The molecule has 0 fully saturated rings. The average Bonchev–Trinajstić information content (AvgIpc) is 3.21. The number of benzene rings is 1. The van der Waals surface area contributed by atoms with Crippen LogP contribution in [0.5, 0.6) is 0 Å². The van der Waals surface area contributed by atoms with Crippen LogP contribution in [0.2, 0.25) is 0 Å². The van der Waals surface area contributed by atoms with E-state index in [2.05, 4.69) is 20.6 Å². The fraction of sp³-hybridized carbons (Fsp3) is 0.318. The first-order chi connectivity index (χ1) is 14.7. The molecule has 0 aliphatic rings. The lowest BCUT2D eigenvalue weighted by Crippen LogP contribution is -2.51. The van der Waals surface area contributed by atoms with Gasteiger partial charge in [0.1, 0.15) is 17.8 Å². The van der Waals surface area contributed by atoms with Gasteiger partial charge in [-0.25, -0.2) is 13.8 Å². The molecule has 2 amide bonds. The van der Waals surface area contributed by atoms with E-state index in [9.17, 15) is 23.5 Å². The van der Waals surface area contributed by atoms with E-state index in [0.29, 0.717) is 5.56 Å². The predicted octanol–water partition coefficient (Wildman–Crippen LogP) is 2.20. The Hall–Kier alpha value is -3.33. The molecule has 0 radical (unpaired) electrons. The number of fused-ring (bicyclic) bond motifs is 1. The van der Waals surface area contributed by atoms with Gasteiger partial charge < -0.3 is 20.7 Å². The Morgan fingerprint density at radius 2 is 1.87 bits per heavy atom. The quantitative estimate of drug-likeness (QED) is 0.440. The van der Waals surface area contributed by atoms with Crippen molar-refractivity contribution in [3.8, 4) is 0 Å². The van der Waals surface area contributed by atoms with E-state index < -0.39 is 35.6 Å². The van der Waals surface area contributed by atoms with Gasteiger partial charge in [-0.2, -0.15) is 0 Å². The number of pyridine rings is 1. The van der Waals surface area contributed by atoms with Crippen LogP contribution in [0.25, 0.3) is 11.0 Å². The average molecular weight is 430 g/mol. The second-order valence-electron chi connectivity index (χ2n) is 7.68. The van der Waals surface area contributed by atoms with Crippen LogP contribution in [0.15, 0.2) is 42.7 Å². The molecule has 31 heavy (non-hydrogen) atoms. The summed E-state index contributed by atoms with van der Waals surface area (Å²) in [7, 11) is 0. The van der Waals surface area contributed by atoms with Gasteiger partial charge in [0.25, 0.3) is 0 Å². The highest BCUT2D eigenvalue weighted by atomic mass is 19.2. The summed E-state index contributed by atoms with van der Waals surface area (Å²) in [5, 5.41) is 16.1. The fourth-order valence-corrected chi connectivity index (χ4v) is 3.07. The molecule has 2 aromatic heterocycles. The third-order valence-corrected chi connectivity index (χ3v) is 4.88. The van der Waals surface area contributed by atoms with E-state index in [4.69, 9.17) is 0 Å². The molecule has 0 aliphatic heterocycles. The summed E-state index contributed by atoms with van der Waals surface area (Å²) in [4.78, 5) is 32.4. The molecule has 0 spiro atoms. The number of H-pyrrole nitrogens is 1. The van der Waals surface area contributed by atoms with Crippen LogP contribution >= 0.6 is 0 Å². The number of nitrogens with zero attached hydrogens (tertiary/aromatic N) is 1. The number of halogens is 2. The van der Waals surface area contributed by atoms with Crippen molar-refractivity contribution in [3.05, 3.63) is 65.5 Å². The van der Waals surface area contributed by atoms with Crippen LogP contribution in [-0.2, 0) is 22.6 Å². The van der Waals surface area contributed by atoms with Gasteiger partial charge >= 0.3 is 0 Å². The highest BCUT2D eigenvalue weighted by Crippen LogP contribution is 2.13. The van der Waals surface area contributed by atoms with E-state index in [-0.39, 0.29) is 18.9 Å². The second kappa shape index (κ2) is 9.65. The van der Waals surface area contributed by atoms with Gasteiger partial charge in [0.2, 0.25) is 11.8 Å². The zero-order valence-electron chi connectivity index (χ0n) is 17.2. The number of aromatic amines is 1. The van der Waals surface area contributed by atoms with Crippen LogP contribution in [0.3, 0.4) is 0 Å². The number of aliphatic hydroxyl groups is 1. The monoisotopic (exact) mass is 430 g/mol. The summed E-state index contributed by atoms with van der Waals surface area (Å²) in [6.45, 7) is 3.49. The Kier molecular flexibility index (Phi) is 6.96. The summed E-state index contributed by atoms with van der Waals surface area (Å²) in [6, 6.07) is 5.91. The molecule has 0 saturated heterocycles. The first-order valence-electron chi connectivity index (χ1n) is 9.86. The molecule has 0 aliphatic carbocycles. The maximum atomic E-state index is 13.6. The predicted molar refractivity (Wildman–Crippen MR) is 111 cm³/mol. The second-order valence-corrected chi connectivity index (χ2v) is 7.68. The normalized spacial score (nSPS) is 13.2. The van der Waals surface area contributed by atoms with E-state index in [1.54, 1.807) is 26.2 Å². The molecule has 1 unspecified atom stereocenters. The fourth-order valence-electron chi connectivity index (χ4n) is 3.07. The number of hydrogen-bond acceptors (Lipinski definition) is 4. The zero-order valence-corrected chi connectivity index (χ0v) is 17.2. The van der Waals surface area contributed by atoms with Crippen LogP contribution in [-0.4, -0.2) is 39.0 Å². The summed E-state index contributed by atoms with van der Waals surface area (Å²) in [5.74, 6) is -3.64. The Bertz CT molecular complexity index is 1080. The van der Waals surface area contributed by atoms with E-state index in [1.165, 1.54) is 6.07 Å². The molecular formula is C22H24F2N4O3. The van der Waals surface area contributed by atoms with E-state index in [0.717, 1.165) is 28.7 Å². The standard InChI is InChI=1S/C22H24F2N4O3/c1-12(2)19(29)22(31)28-18(9-13-3-4-16(23)17(24)8-13)21(30)27-11-14-7-15-5-6-25-20(15)26-10-14/h3-8,10,12,18-19,29H,9,11H2,1-2H3,(H,25,26)(H,27,30)(H,28,31)/t18-,19?/m0/s1. The topological polar surface area (TPSA) is 107 Å². The number of amides is 2. The largest absolute Gasteiger partial charge is 0.383 e. The SMILES string of the molecule is CC(C)C(O)C(=O)N[C@@H](Cc1ccc(F)c(F)c1)C(=O)NCc1cnc2[nH]ccc2c1. The van der Waals surface area contributed by atoms with E-state index in [1.807, 2.05) is 12.1 Å². The van der Waals surface area contributed by atoms with Crippen LogP contribution in [0, 0.1) is 17.6 Å². The van der Waals surface area contributed by atoms with Crippen molar-refractivity contribution in [1.82, 2.24) is 20.6 Å². The highest BCUT2D eigenvalue weighted by molar-refractivity contribution is 5.89. The molecular weight excluding hydrogens is 406 g/mol. The maximum absolute atomic E-state index is 13.6. The number of carbonyl (C=O) groups is 2. The van der Waals surface area contributed by atoms with E-state index >= 15 is 0 Å². The van der Waals surface area contributed by atoms with Gasteiger partial charge in [0, 0.05) is 30.7 Å². The van der Waals surface area contributed by atoms with Gasteiger partial charge in [-0.3, -0.25) is 9.59 Å². The Morgan fingerprint density at radius 3 is 2.58 bits per heavy atom. The van der Waals surface area contributed by atoms with Gasteiger partial charge in [-0.15, -0.1) is 0 Å². The molecule has 1 aromatic carbocycles. The molecule has 9 heteroatoms. The first-order valence-corrected chi connectivity index (χ1v) is 9.86. The van der Waals surface area contributed by atoms with Crippen molar-refractivity contribution in [3.63, 3.8) is 0 Å².